The van der Waals surface area contributed by atoms with Gasteiger partial charge < -0.3 is 14.6 Å². The number of likely N-dealkylation sites (tertiary alicyclic amines) is 1. The van der Waals surface area contributed by atoms with Crippen LogP contribution in [0.4, 0.5) is 5.69 Å². The summed E-state index contributed by atoms with van der Waals surface area (Å²) in [5.41, 5.74) is 0.810. The minimum absolute atomic E-state index is 0.0410. The van der Waals surface area contributed by atoms with Gasteiger partial charge in [0.25, 0.3) is 0 Å². The van der Waals surface area contributed by atoms with Crippen LogP contribution >= 0.6 is 0 Å². The van der Waals surface area contributed by atoms with Gasteiger partial charge in [0.2, 0.25) is 5.91 Å². The van der Waals surface area contributed by atoms with Crippen LogP contribution in [0, 0.1) is 5.92 Å². The van der Waals surface area contributed by atoms with Gasteiger partial charge in [-0.25, -0.2) is 4.98 Å². The van der Waals surface area contributed by atoms with Gasteiger partial charge in [0.1, 0.15) is 11.6 Å². The number of anilines is 1. The summed E-state index contributed by atoms with van der Waals surface area (Å²) in [6, 6.07) is 7.53. The predicted molar refractivity (Wildman–Crippen MR) is 112 cm³/mol. The van der Waals surface area contributed by atoms with Crippen LogP contribution in [0.25, 0.3) is 0 Å². The lowest BCUT2D eigenvalue weighted by Gasteiger charge is -2.32. The second-order valence-corrected chi connectivity index (χ2v) is 7.82. The minimum atomic E-state index is 0.0410. The number of aromatic nitrogens is 2. The summed E-state index contributed by atoms with van der Waals surface area (Å²) in [6.07, 6.45) is 6.22. The standard InChI is InChI=1S/C22H32N4O2/c1-4-28-20-7-5-19(6-8-20)24-21(27)16-25-12-9-18(10-13-25)15-26-14-11-23-22(26)17(2)3/h5-8,11,14,17-18H,4,9-10,12-13,15-16H2,1-3H3,(H,24,27). The zero-order chi connectivity index (χ0) is 19.9. The van der Waals surface area contributed by atoms with E-state index in [1.807, 2.05) is 37.4 Å². The van der Waals surface area contributed by atoms with E-state index in [1.54, 1.807) is 0 Å². The van der Waals surface area contributed by atoms with Gasteiger partial charge in [-0.1, -0.05) is 13.8 Å². The highest BCUT2D eigenvalue weighted by Crippen LogP contribution is 2.22. The lowest BCUT2D eigenvalue weighted by atomic mass is 9.96. The summed E-state index contributed by atoms with van der Waals surface area (Å²) >= 11 is 0. The molecule has 0 atom stereocenters. The highest BCUT2D eigenvalue weighted by Gasteiger charge is 2.22. The van der Waals surface area contributed by atoms with Crippen LogP contribution in [0.5, 0.6) is 5.75 Å². The number of benzene rings is 1. The molecule has 0 spiro atoms. The van der Waals surface area contributed by atoms with Crippen LogP contribution in [0.1, 0.15) is 45.4 Å². The SMILES string of the molecule is CCOc1ccc(NC(=O)CN2CCC(Cn3ccnc3C(C)C)CC2)cc1. The van der Waals surface area contributed by atoms with Crippen LogP contribution in [0.15, 0.2) is 36.7 Å². The summed E-state index contributed by atoms with van der Waals surface area (Å²) in [5.74, 6) is 3.12. The largest absolute Gasteiger partial charge is 0.494 e. The number of nitrogens with one attached hydrogen (secondary N) is 1. The molecular formula is C22H32N4O2. The molecule has 1 aliphatic rings. The number of hydrogen-bond acceptors (Lipinski definition) is 4. The number of nitrogens with zero attached hydrogens (tertiary/aromatic N) is 3. The Kier molecular flexibility index (Phi) is 7.09. The van der Waals surface area contributed by atoms with Crippen molar-refractivity contribution in [1.29, 1.82) is 0 Å². The molecule has 1 fully saturated rings. The normalized spacial score (nSPS) is 15.7. The fraction of sp³-hybridized carbons (Fsp3) is 0.545. The first kappa shape index (κ1) is 20.4. The average molecular weight is 385 g/mol. The van der Waals surface area contributed by atoms with E-state index >= 15 is 0 Å². The summed E-state index contributed by atoms with van der Waals surface area (Å²) < 4.78 is 7.72. The van der Waals surface area contributed by atoms with E-state index in [2.05, 4.69) is 39.8 Å². The summed E-state index contributed by atoms with van der Waals surface area (Å²) in [5, 5.41) is 2.98. The Morgan fingerprint density at radius 2 is 1.96 bits per heavy atom. The number of carbonyl (C=O) groups is 1. The molecule has 6 nitrogen and oxygen atoms in total. The van der Waals surface area contributed by atoms with E-state index in [1.165, 1.54) is 0 Å². The molecule has 1 N–H and O–H groups in total. The van der Waals surface area contributed by atoms with Crippen molar-refractivity contribution in [3.63, 3.8) is 0 Å². The van der Waals surface area contributed by atoms with Gasteiger partial charge in [-0.2, -0.15) is 0 Å². The monoisotopic (exact) mass is 384 g/mol. The fourth-order valence-electron chi connectivity index (χ4n) is 3.79. The van der Waals surface area contributed by atoms with Gasteiger partial charge in [0.05, 0.1) is 13.2 Å². The Bertz CT molecular complexity index is 746. The van der Waals surface area contributed by atoms with Crippen molar-refractivity contribution in [2.75, 3.05) is 31.6 Å². The molecule has 0 aliphatic carbocycles. The second kappa shape index (κ2) is 9.73. The Balaban J connectivity index is 1.42. The average Bonchev–Trinajstić information content (AvgIpc) is 3.14. The maximum absolute atomic E-state index is 12.4. The molecular weight excluding hydrogens is 352 g/mol. The molecule has 1 aromatic heterocycles. The number of imidazole rings is 1. The third kappa shape index (κ3) is 5.58. The molecule has 152 valence electrons. The quantitative estimate of drug-likeness (QED) is 0.753. The van der Waals surface area contributed by atoms with Crippen LogP contribution in [-0.4, -0.2) is 46.6 Å². The molecule has 1 aromatic carbocycles. The molecule has 1 amide bonds. The molecule has 1 saturated heterocycles. The predicted octanol–water partition coefficient (Wildman–Crippen LogP) is 3.76. The third-order valence-corrected chi connectivity index (χ3v) is 5.24. The number of carbonyl (C=O) groups excluding carboxylic acids is 1. The maximum atomic E-state index is 12.4. The molecule has 2 heterocycles. The zero-order valence-corrected chi connectivity index (χ0v) is 17.2. The number of hydrogen-bond donors (Lipinski definition) is 1. The van der Waals surface area contributed by atoms with Crippen LogP contribution in [-0.2, 0) is 11.3 Å². The molecule has 0 saturated carbocycles. The molecule has 1 aliphatic heterocycles. The fourth-order valence-corrected chi connectivity index (χ4v) is 3.79. The molecule has 0 radical (unpaired) electrons. The van der Waals surface area contributed by atoms with E-state index in [0.29, 0.717) is 25.0 Å². The van der Waals surface area contributed by atoms with Gasteiger partial charge in [0, 0.05) is 30.5 Å². The summed E-state index contributed by atoms with van der Waals surface area (Å²) in [4.78, 5) is 19.1. The summed E-state index contributed by atoms with van der Waals surface area (Å²) in [7, 11) is 0. The summed E-state index contributed by atoms with van der Waals surface area (Å²) in [6.45, 7) is 10.4. The van der Waals surface area contributed by atoms with Gasteiger partial charge in [-0.15, -0.1) is 0 Å². The van der Waals surface area contributed by atoms with Crippen molar-refractivity contribution < 1.29 is 9.53 Å². The van der Waals surface area contributed by atoms with Crippen molar-refractivity contribution >= 4 is 11.6 Å². The van der Waals surface area contributed by atoms with E-state index in [-0.39, 0.29) is 5.91 Å². The number of piperidine rings is 1. The van der Waals surface area contributed by atoms with Crippen molar-refractivity contribution in [3.8, 4) is 5.75 Å². The Morgan fingerprint density at radius 1 is 1.25 bits per heavy atom. The Morgan fingerprint density at radius 3 is 2.61 bits per heavy atom. The highest BCUT2D eigenvalue weighted by molar-refractivity contribution is 5.92. The smallest absolute Gasteiger partial charge is 0.238 e. The molecule has 28 heavy (non-hydrogen) atoms. The van der Waals surface area contributed by atoms with Gasteiger partial charge in [-0.05, 0) is 63.0 Å². The number of amides is 1. The van der Waals surface area contributed by atoms with Crippen molar-refractivity contribution in [2.45, 2.75) is 46.1 Å². The third-order valence-electron chi connectivity index (χ3n) is 5.24. The lowest BCUT2D eigenvalue weighted by molar-refractivity contribution is -0.117. The van der Waals surface area contributed by atoms with Crippen molar-refractivity contribution in [3.05, 3.63) is 42.5 Å². The number of ether oxygens (including phenoxy) is 1. The van der Waals surface area contributed by atoms with Crippen LogP contribution in [0.3, 0.4) is 0 Å². The first-order valence-corrected chi connectivity index (χ1v) is 10.3. The minimum Gasteiger partial charge on any atom is -0.494 e. The van der Waals surface area contributed by atoms with E-state index in [0.717, 1.165) is 49.7 Å². The second-order valence-electron chi connectivity index (χ2n) is 7.82. The van der Waals surface area contributed by atoms with Gasteiger partial charge in [-0.3, -0.25) is 9.69 Å². The van der Waals surface area contributed by atoms with Crippen LogP contribution in [0.2, 0.25) is 0 Å². The van der Waals surface area contributed by atoms with Crippen molar-refractivity contribution in [2.24, 2.45) is 5.92 Å². The van der Waals surface area contributed by atoms with Gasteiger partial charge in [0.15, 0.2) is 0 Å². The molecule has 6 heteroatoms. The topological polar surface area (TPSA) is 59.4 Å². The van der Waals surface area contributed by atoms with Crippen LogP contribution < -0.4 is 10.1 Å². The van der Waals surface area contributed by atoms with Gasteiger partial charge >= 0.3 is 0 Å². The van der Waals surface area contributed by atoms with Crippen molar-refractivity contribution in [1.82, 2.24) is 14.5 Å². The first-order chi connectivity index (χ1) is 13.5. The molecule has 0 bridgehead atoms. The highest BCUT2D eigenvalue weighted by atomic mass is 16.5. The maximum Gasteiger partial charge on any atom is 0.238 e. The molecule has 2 aromatic rings. The number of rotatable bonds is 8. The van der Waals surface area contributed by atoms with E-state index in [9.17, 15) is 4.79 Å². The Labute approximate surface area is 167 Å². The first-order valence-electron chi connectivity index (χ1n) is 10.3. The zero-order valence-electron chi connectivity index (χ0n) is 17.2. The molecule has 3 rings (SSSR count). The molecule has 0 unspecified atom stereocenters. The Hall–Kier alpha value is -2.34. The van der Waals surface area contributed by atoms with E-state index in [4.69, 9.17) is 4.74 Å². The lowest BCUT2D eigenvalue weighted by Crippen LogP contribution is -2.40. The van der Waals surface area contributed by atoms with E-state index < -0.39 is 0 Å².